The monoisotopic (exact) mass is 358 g/mol. The molecule has 1 aromatic rings. The van der Waals surface area contributed by atoms with E-state index in [0.717, 1.165) is 18.4 Å². The molecule has 0 radical (unpaired) electrons. The number of benzene rings is 1. The van der Waals surface area contributed by atoms with Crippen LogP contribution in [0.4, 0.5) is 9.18 Å². The van der Waals surface area contributed by atoms with Crippen LogP contribution in [0.15, 0.2) is 22.7 Å². The number of nitrogens with zero attached hydrogens (tertiary/aromatic N) is 1. The molecule has 0 spiro atoms. The minimum absolute atomic E-state index is 0.233. The van der Waals surface area contributed by atoms with Gasteiger partial charge in [0.15, 0.2) is 0 Å². The molecule has 1 aliphatic rings. The van der Waals surface area contributed by atoms with Crippen LogP contribution in [0, 0.1) is 5.82 Å². The summed E-state index contributed by atoms with van der Waals surface area (Å²) >= 11 is 3.27. The van der Waals surface area contributed by atoms with E-state index in [1.165, 1.54) is 6.07 Å². The first-order valence-electron chi connectivity index (χ1n) is 7.19. The van der Waals surface area contributed by atoms with Crippen LogP contribution in [0.1, 0.15) is 25.3 Å². The molecule has 0 bridgehead atoms. The maximum absolute atomic E-state index is 13.4. The van der Waals surface area contributed by atoms with Gasteiger partial charge >= 0.3 is 6.09 Å². The average molecular weight is 359 g/mol. The summed E-state index contributed by atoms with van der Waals surface area (Å²) in [6.45, 7) is 4.22. The molecular weight excluding hydrogens is 339 g/mol. The van der Waals surface area contributed by atoms with Crippen LogP contribution < -0.4 is 5.32 Å². The molecule has 1 N–H and O–H groups in total. The predicted octanol–water partition coefficient (Wildman–Crippen LogP) is 3.30. The van der Waals surface area contributed by atoms with Crippen LogP contribution in [-0.2, 0) is 11.3 Å². The van der Waals surface area contributed by atoms with E-state index >= 15 is 0 Å². The zero-order valence-corrected chi connectivity index (χ0v) is 13.7. The number of carbonyl (C=O) groups excluding carboxylic acids is 1. The van der Waals surface area contributed by atoms with Crippen LogP contribution in [0.3, 0.4) is 0 Å². The van der Waals surface area contributed by atoms with Crippen LogP contribution in [0.5, 0.6) is 0 Å². The summed E-state index contributed by atoms with van der Waals surface area (Å²) in [6.07, 6.45) is 1.53. The zero-order chi connectivity index (χ0) is 15.2. The molecule has 1 heterocycles. The molecule has 0 atom stereocenters. The topological polar surface area (TPSA) is 41.6 Å². The van der Waals surface area contributed by atoms with Crippen molar-refractivity contribution in [3.8, 4) is 0 Å². The summed E-state index contributed by atoms with van der Waals surface area (Å²) in [5, 5.41) is 3.42. The molecule has 116 valence electrons. The van der Waals surface area contributed by atoms with Gasteiger partial charge in [0.05, 0.1) is 11.1 Å². The highest BCUT2D eigenvalue weighted by Crippen LogP contribution is 2.21. The van der Waals surface area contributed by atoms with E-state index in [1.807, 2.05) is 13.0 Å². The first kappa shape index (κ1) is 16.2. The Morgan fingerprint density at radius 2 is 2.19 bits per heavy atom. The molecule has 0 unspecified atom stereocenters. The van der Waals surface area contributed by atoms with E-state index in [0.29, 0.717) is 36.8 Å². The van der Waals surface area contributed by atoms with Gasteiger partial charge in [-0.15, -0.1) is 0 Å². The molecule has 0 aromatic heterocycles. The highest BCUT2D eigenvalue weighted by molar-refractivity contribution is 9.10. The van der Waals surface area contributed by atoms with Crippen molar-refractivity contribution in [1.29, 1.82) is 0 Å². The van der Waals surface area contributed by atoms with Gasteiger partial charge in [-0.2, -0.15) is 0 Å². The molecule has 2 rings (SSSR count). The first-order valence-corrected chi connectivity index (χ1v) is 7.99. The fourth-order valence-electron chi connectivity index (χ4n) is 2.42. The smallest absolute Gasteiger partial charge is 0.409 e. The number of rotatable bonds is 4. The third kappa shape index (κ3) is 4.41. The molecule has 1 fully saturated rings. The summed E-state index contributed by atoms with van der Waals surface area (Å²) in [7, 11) is 0. The van der Waals surface area contributed by atoms with Crippen molar-refractivity contribution < 1.29 is 13.9 Å². The lowest BCUT2D eigenvalue weighted by molar-refractivity contribution is 0.0950. The Morgan fingerprint density at radius 1 is 1.48 bits per heavy atom. The van der Waals surface area contributed by atoms with Crippen molar-refractivity contribution in [3.63, 3.8) is 0 Å². The molecule has 1 aromatic carbocycles. The Balaban J connectivity index is 1.79. The lowest BCUT2D eigenvalue weighted by Gasteiger charge is -2.31. The van der Waals surface area contributed by atoms with Gasteiger partial charge < -0.3 is 15.0 Å². The summed E-state index contributed by atoms with van der Waals surface area (Å²) in [5.41, 5.74) is 0.905. The largest absolute Gasteiger partial charge is 0.450 e. The summed E-state index contributed by atoms with van der Waals surface area (Å²) in [6, 6.07) is 5.38. The molecule has 1 amide bonds. The second-order valence-corrected chi connectivity index (χ2v) is 5.85. The van der Waals surface area contributed by atoms with E-state index in [1.54, 1.807) is 11.0 Å². The Bertz CT molecular complexity index is 491. The van der Waals surface area contributed by atoms with E-state index in [-0.39, 0.29) is 11.9 Å². The first-order chi connectivity index (χ1) is 10.1. The number of ether oxygens (including phenoxy) is 1. The fraction of sp³-hybridized carbons (Fsp3) is 0.533. The van der Waals surface area contributed by atoms with Crippen LogP contribution in [0.25, 0.3) is 0 Å². The number of carbonyl (C=O) groups is 1. The zero-order valence-electron chi connectivity index (χ0n) is 12.1. The Hall–Kier alpha value is -1.14. The number of nitrogens with one attached hydrogen (secondary N) is 1. The second kappa shape index (κ2) is 7.75. The van der Waals surface area contributed by atoms with Gasteiger partial charge in [0.1, 0.15) is 5.82 Å². The van der Waals surface area contributed by atoms with Crippen LogP contribution >= 0.6 is 15.9 Å². The Morgan fingerprint density at radius 3 is 2.86 bits per heavy atom. The lowest BCUT2D eigenvalue weighted by Crippen LogP contribution is -2.44. The summed E-state index contributed by atoms with van der Waals surface area (Å²) in [5.74, 6) is -0.244. The molecule has 4 nitrogen and oxygen atoms in total. The second-order valence-electron chi connectivity index (χ2n) is 5.05. The third-order valence-corrected chi connectivity index (χ3v) is 4.52. The van der Waals surface area contributed by atoms with E-state index in [2.05, 4.69) is 21.2 Å². The Kier molecular flexibility index (Phi) is 5.99. The van der Waals surface area contributed by atoms with Gasteiger partial charge in [0, 0.05) is 25.7 Å². The number of halogens is 2. The summed E-state index contributed by atoms with van der Waals surface area (Å²) < 4.78 is 18.9. The average Bonchev–Trinajstić information content (AvgIpc) is 2.49. The van der Waals surface area contributed by atoms with Gasteiger partial charge in [-0.1, -0.05) is 12.1 Å². The van der Waals surface area contributed by atoms with Gasteiger partial charge in [-0.25, -0.2) is 9.18 Å². The van der Waals surface area contributed by atoms with Crippen molar-refractivity contribution in [1.82, 2.24) is 10.2 Å². The standard InChI is InChI=1S/C15H20BrFN2O2/c1-2-21-15(20)19-8-6-12(7-9-19)18-10-11-4-3-5-13(17)14(11)16/h3-5,12,18H,2,6-10H2,1H3. The highest BCUT2D eigenvalue weighted by Gasteiger charge is 2.23. The number of piperidine rings is 1. The number of likely N-dealkylation sites (tertiary alicyclic amines) is 1. The van der Waals surface area contributed by atoms with E-state index in [4.69, 9.17) is 4.74 Å². The maximum atomic E-state index is 13.4. The van der Waals surface area contributed by atoms with Crippen LogP contribution in [-0.4, -0.2) is 36.7 Å². The molecule has 6 heteroatoms. The molecule has 21 heavy (non-hydrogen) atoms. The molecule has 1 aliphatic heterocycles. The van der Waals surface area contributed by atoms with Crippen molar-refractivity contribution >= 4 is 22.0 Å². The molecular formula is C15H20BrFN2O2. The van der Waals surface area contributed by atoms with Gasteiger partial charge in [-0.05, 0) is 47.3 Å². The highest BCUT2D eigenvalue weighted by atomic mass is 79.9. The minimum atomic E-state index is -0.244. The van der Waals surface area contributed by atoms with Crippen LogP contribution in [0.2, 0.25) is 0 Å². The number of amides is 1. The van der Waals surface area contributed by atoms with Crippen molar-refractivity contribution in [2.24, 2.45) is 0 Å². The van der Waals surface area contributed by atoms with Crippen molar-refractivity contribution in [2.45, 2.75) is 32.4 Å². The minimum Gasteiger partial charge on any atom is -0.450 e. The fourth-order valence-corrected chi connectivity index (χ4v) is 2.82. The SMILES string of the molecule is CCOC(=O)N1CCC(NCc2cccc(F)c2Br)CC1. The number of hydrogen-bond donors (Lipinski definition) is 1. The molecule has 0 saturated carbocycles. The maximum Gasteiger partial charge on any atom is 0.409 e. The lowest BCUT2D eigenvalue weighted by atomic mass is 10.0. The van der Waals surface area contributed by atoms with Crippen molar-refractivity contribution in [3.05, 3.63) is 34.1 Å². The number of hydrogen-bond acceptors (Lipinski definition) is 3. The van der Waals surface area contributed by atoms with Crippen molar-refractivity contribution in [2.75, 3.05) is 19.7 Å². The van der Waals surface area contributed by atoms with Gasteiger partial charge in [-0.3, -0.25) is 0 Å². The summed E-state index contributed by atoms with van der Waals surface area (Å²) in [4.78, 5) is 13.3. The normalized spacial score (nSPS) is 16.0. The predicted molar refractivity (Wildman–Crippen MR) is 82.6 cm³/mol. The van der Waals surface area contributed by atoms with Gasteiger partial charge in [0.25, 0.3) is 0 Å². The van der Waals surface area contributed by atoms with E-state index < -0.39 is 0 Å². The third-order valence-electron chi connectivity index (χ3n) is 3.63. The molecule has 1 saturated heterocycles. The Labute approximate surface area is 132 Å². The van der Waals surface area contributed by atoms with E-state index in [9.17, 15) is 9.18 Å². The van der Waals surface area contributed by atoms with Gasteiger partial charge in [0.2, 0.25) is 0 Å². The quantitative estimate of drug-likeness (QED) is 0.897. The molecule has 0 aliphatic carbocycles.